The highest BCUT2D eigenvalue weighted by atomic mass is 19.1. The van der Waals surface area contributed by atoms with Crippen LogP contribution >= 0.6 is 0 Å². The Labute approximate surface area is 123 Å². The lowest BCUT2D eigenvalue weighted by Gasteiger charge is -2.24. The third-order valence-corrected chi connectivity index (χ3v) is 3.15. The maximum atomic E-state index is 12.9. The minimum absolute atomic E-state index is 0.249. The summed E-state index contributed by atoms with van der Waals surface area (Å²) in [5.74, 6) is 0.797. The number of hydrogen-bond donors (Lipinski definition) is 2. The fourth-order valence-corrected chi connectivity index (χ4v) is 2.07. The molecule has 3 N–H and O–H groups in total. The molecule has 0 aliphatic carbocycles. The van der Waals surface area contributed by atoms with E-state index in [0.29, 0.717) is 12.3 Å². The summed E-state index contributed by atoms with van der Waals surface area (Å²) < 4.78 is 18.6. The summed E-state index contributed by atoms with van der Waals surface area (Å²) in [7, 11) is 0. The number of benzene rings is 1. The summed E-state index contributed by atoms with van der Waals surface area (Å²) in [5, 5.41) is 3.23. The van der Waals surface area contributed by atoms with Crippen molar-refractivity contribution in [3.63, 3.8) is 0 Å². The summed E-state index contributed by atoms with van der Waals surface area (Å²) in [5.41, 5.74) is 5.63. The largest absolute Gasteiger partial charge is 0.460 e. The number of rotatable bonds is 6. The first-order valence-corrected chi connectivity index (χ1v) is 6.74. The van der Waals surface area contributed by atoms with Crippen LogP contribution in [0, 0.1) is 5.82 Å². The van der Waals surface area contributed by atoms with Crippen molar-refractivity contribution in [1.82, 2.24) is 5.32 Å². The number of primary amides is 1. The van der Waals surface area contributed by atoms with Gasteiger partial charge in [-0.1, -0.05) is 0 Å². The van der Waals surface area contributed by atoms with Crippen LogP contribution in [0.5, 0.6) is 0 Å². The Hall–Kier alpha value is -2.14. The molecular formula is C16H19FN2O2. The van der Waals surface area contributed by atoms with Gasteiger partial charge in [0.25, 0.3) is 0 Å². The average Bonchev–Trinajstić information content (AvgIpc) is 2.85. The predicted octanol–water partition coefficient (Wildman–Crippen LogP) is 2.83. The maximum Gasteiger partial charge on any atom is 0.219 e. The molecule has 0 aliphatic heterocycles. The van der Waals surface area contributed by atoms with E-state index in [0.717, 1.165) is 11.3 Å². The van der Waals surface area contributed by atoms with E-state index in [1.807, 2.05) is 26.0 Å². The number of hydrogen-bond acceptors (Lipinski definition) is 3. The smallest absolute Gasteiger partial charge is 0.219 e. The van der Waals surface area contributed by atoms with Crippen molar-refractivity contribution < 1.29 is 13.6 Å². The Bertz CT molecular complexity index is 617. The predicted molar refractivity (Wildman–Crippen MR) is 78.8 cm³/mol. The molecule has 0 bridgehead atoms. The zero-order valence-electron chi connectivity index (χ0n) is 12.2. The summed E-state index contributed by atoms with van der Waals surface area (Å²) >= 11 is 0. The van der Waals surface area contributed by atoms with E-state index in [-0.39, 0.29) is 18.1 Å². The third kappa shape index (κ3) is 4.43. The highest BCUT2D eigenvalue weighted by molar-refractivity contribution is 5.75. The quantitative estimate of drug-likeness (QED) is 0.859. The highest BCUT2D eigenvalue weighted by Crippen LogP contribution is 2.22. The van der Waals surface area contributed by atoms with Crippen LogP contribution in [0.25, 0.3) is 11.3 Å². The van der Waals surface area contributed by atoms with Crippen LogP contribution < -0.4 is 11.1 Å². The van der Waals surface area contributed by atoms with Gasteiger partial charge in [0.2, 0.25) is 5.91 Å². The Balaban J connectivity index is 2.00. The van der Waals surface area contributed by atoms with Crippen LogP contribution in [0.2, 0.25) is 0 Å². The Morgan fingerprint density at radius 3 is 2.52 bits per heavy atom. The number of nitrogens with one attached hydrogen (secondary N) is 1. The summed E-state index contributed by atoms with van der Waals surface area (Å²) in [4.78, 5) is 11.0. The van der Waals surface area contributed by atoms with Crippen molar-refractivity contribution in [1.29, 1.82) is 0 Å². The first kappa shape index (κ1) is 15.3. The molecule has 2 rings (SSSR count). The monoisotopic (exact) mass is 290 g/mol. The van der Waals surface area contributed by atoms with Crippen molar-refractivity contribution in [3.8, 4) is 11.3 Å². The van der Waals surface area contributed by atoms with Gasteiger partial charge in [-0.15, -0.1) is 0 Å². The van der Waals surface area contributed by atoms with Gasteiger partial charge < -0.3 is 15.5 Å². The summed E-state index contributed by atoms with van der Waals surface area (Å²) in [6.45, 7) is 4.30. The second kappa shape index (κ2) is 6.10. The molecule has 0 radical (unpaired) electrons. The number of carbonyl (C=O) groups is 1. The Kier molecular flexibility index (Phi) is 4.43. The van der Waals surface area contributed by atoms with E-state index in [1.54, 1.807) is 12.1 Å². The highest BCUT2D eigenvalue weighted by Gasteiger charge is 2.20. The van der Waals surface area contributed by atoms with E-state index >= 15 is 0 Å². The fraction of sp³-hybridized carbons (Fsp3) is 0.312. The van der Waals surface area contributed by atoms with E-state index in [4.69, 9.17) is 10.2 Å². The maximum absolute atomic E-state index is 12.9. The van der Waals surface area contributed by atoms with Crippen molar-refractivity contribution in [2.45, 2.75) is 32.4 Å². The molecule has 0 atom stereocenters. The number of carbonyl (C=O) groups excluding carboxylic acids is 1. The lowest BCUT2D eigenvalue weighted by molar-refractivity contribution is -0.119. The van der Waals surface area contributed by atoms with Crippen LogP contribution in [0.3, 0.4) is 0 Å². The molecule has 1 aromatic heterocycles. The molecule has 0 fully saturated rings. The summed E-state index contributed by atoms with van der Waals surface area (Å²) in [6.07, 6.45) is 0.249. The average molecular weight is 290 g/mol. The molecule has 0 unspecified atom stereocenters. The fourth-order valence-electron chi connectivity index (χ4n) is 2.07. The van der Waals surface area contributed by atoms with Gasteiger partial charge in [0.05, 0.1) is 6.54 Å². The number of nitrogens with two attached hydrogens (primary N) is 1. The van der Waals surface area contributed by atoms with Gasteiger partial charge in [0.15, 0.2) is 0 Å². The zero-order chi connectivity index (χ0) is 15.5. The molecule has 0 spiro atoms. The summed E-state index contributed by atoms with van der Waals surface area (Å²) in [6, 6.07) is 9.82. The topological polar surface area (TPSA) is 68.3 Å². The Morgan fingerprint density at radius 2 is 1.90 bits per heavy atom. The lowest BCUT2D eigenvalue weighted by Crippen LogP contribution is -2.42. The normalized spacial score (nSPS) is 11.6. The van der Waals surface area contributed by atoms with Crippen molar-refractivity contribution in [2.24, 2.45) is 5.73 Å². The number of amides is 1. The van der Waals surface area contributed by atoms with Gasteiger partial charge in [0, 0.05) is 17.5 Å². The van der Waals surface area contributed by atoms with Crippen LogP contribution in [-0.4, -0.2) is 11.4 Å². The van der Waals surface area contributed by atoms with Crippen molar-refractivity contribution in [3.05, 3.63) is 48.0 Å². The Morgan fingerprint density at radius 1 is 1.24 bits per heavy atom. The molecule has 5 heteroatoms. The second-order valence-corrected chi connectivity index (χ2v) is 5.65. The molecule has 2 aromatic rings. The zero-order valence-corrected chi connectivity index (χ0v) is 12.2. The number of furan rings is 1. The van der Waals surface area contributed by atoms with Gasteiger partial charge in [-0.25, -0.2) is 4.39 Å². The SMILES string of the molecule is CC(C)(CC(N)=O)NCc1ccc(-c2ccc(F)cc2)o1. The van der Waals surface area contributed by atoms with E-state index in [1.165, 1.54) is 12.1 Å². The van der Waals surface area contributed by atoms with Crippen LogP contribution in [0.15, 0.2) is 40.8 Å². The van der Waals surface area contributed by atoms with E-state index < -0.39 is 5.54 Å². The van der Waals surface area contributed by atoms with Crippen LogP contribution in [0.4, 0.5) is 4.39 Å². The molecule has 4 nitrogen and oxygen atoms in total. The van der Waals surface area contributed by atoms with E-state index in [2.05, 4.69) is 5.32 Å². The standard InChI is InChI=1S/C16H19FN2O2/c1-16(2,9-15(18)20)19-10-13-7-8-14(21-13)11-3-5-12(17)6-4-11/h3-8,19H,9-10H2,1-2H3,(H2,18,20). The molecule has 112 valence electrons. The van der Waals surface area contributed by atoms with Gasteiger partial charge in [-0.05, 0) is 50.2 Å². The molecule has 21 heavy (non-hydrogen) atoms. The van der Waals surface area contributed by atoms with E-state index in [9.17, 15) is 9.18 Å². The molecular weight excluding hydrogens is 271 g/mol. The molecule has 1 heterocycles. The molecule has 1 amide bonds. The van der Waals surface area contributed by atoms with Crippen molar-refractivity contribution in [2.75, 3.05) is 0 Å². The second-order valence-electron chi connectivity index (χ2n) is 5.65. The van der Waals surface area contributed by atoms with Gasteiger partial charge in [0.1, 0.15) is 17.3 Å². The third-order valence-electron chi connectivity index (χ3n) is 3.15. The van der Waals surface area contributed by atoms with Gasteiger partial charge in [-0.3, -0.25) is 4.79 Å². The van der Waals surface area contributed by atoms with Crippen molar-refractivity contribution >= 4 is 5.91 Å². The van der Waals surface area contributed by atoms with Crippen LogP contribution in [0.1, 0.15) is 26.0 Å². The van der Waals surface area contributed by atoms with Gasteiger partial charge in [-0.2, -0.15) is 0 Å². The molecule has 0 saturated carbocycles. The first-order valence-electron chi connectivity index (χ1n) is 6.74. The molecule has 0 saturated heterocycles. The van der Waals surface area contributed by atoms with Gasteiger partial charge >= 0.3 is 0 Å². The van der Waals surface area contributed by atoms with Crippen LogP contribution in [-0.2, 0) is 11.3 Å². The minimum atomic E-state index is -0.394. The first-order chi connectivity index (χ1) is 9.85. The molecule has 1 aromatic carbocycles. The number of halogens is 1. The minimum Gasteiger partial charge on any atom is -0.460 e. The molecule has 0 aliphatic rings. The lowest BCUT2D eigenvalue weighted by atomic mass is 10.0.